The second kappa shape index (κ2) is 11.2. The van der Waals surface area contributed by atoms with Crippen molar-refractivity contribution in [2.45, 2.75) is 70.9 Å². The first-order chi connectivity index (χ1) is 10.2. The van der Waals surface area contributed by atoms with Gasteiger partial charge in [-0.1, -0.05) is 74.0 Å². The van der Waals surface area contributed by atoms with Crippen LogP contribution >= 0.6 is 15.9 Å². The Morgan fingerprint density at radius 1 is 1.00 bits per heavy atom. The number of ether oxygens (including phenoxy) is 1. The van der Waals surface area contributed by atoms with Crippen molar-refractivity contribution in [3.8, 4) is 0 Å². The van der Waals surface area contributed by atoms with Crippen molar-refractivity contribution in [1.82, 2.24) is 0 Å². The first-order valence-corrected chi connectivity index (χ1v) is 9.11. The summed E-state index contributed by atoms with van der Waals surface area (Å²) in [6.45, 7) is 5.17. The van der Waals surface area contributed by atoms with Crippen LogP contribution in [-0.2, 0) is 4.74 Å². The third kappa shape index (κ3) is 7.44. The minimum Gasteiger partial charge on any atom is -0.372 e. The van der Waals surface area contributed by atoms with E-state index in [1.165, 1.54) is 37.7 Å². The lowest BCUT2D eigenvalue weighted by Gasteiger charge is -2.24. The predicted molar refractivity (Wildman–Crippen MR) is 94.5 cm³/mol. The average molecular weight is 356 g/mol. The molecule has 2 nitrogen and oxygen atoms in total. The van der Waals surface area contributed by atoms with Crippen LogP contribution < -0.4 is 5.73 Å². The van der Waals surface area contributed by atoms with Gasteiger partial charge >= 0.3 is 0 Å². The molecule has 0 fully saturated rings. The monoisotopic (exact) mass is 355 g/mol. The summed E-state index contributed by atoms with van der Waals surface area (Å²) in [4.78, 5) is 0. The Hall–Kier alpha value is -0.380. The summed E-state index contributed by atoms with van der Waals surface area (Å²) in [6.07, 6.45) is 8.65. The fourth-order valence-electron chi connectivity index (χ4n) is 2.43. The molecule has 120 valence electrons. The van der Waals surface area contributed by atoms with E-state index in [1.54, 1.807) is 0 Å². The first-order valence-electron chi connectivity index (χ1n) is 8.31. The molecule has 0 aromatic heterocycles. The van der Waals surface area contributed by atoms with Gasteiger partial charge in [-0.15, -0.1) is 0 Å². The summed E-state index contributed by atoms with van der Waals surface area (Å²) in [5.41, 5.74) is 7.41. The van der Waals surface area contributed by atoms with Crippen molar-refractivity contribution in [3.63, 3.8) is 0 Å². The van der Waals surface area contributed by atoms with E-state index in [0.717, 1.165) is 23.9 Å². The highest BCUT2D eigenvalue weighted by Gasteiger charge is 2.18. The summed E-state index contributed by atoms with van der Waals surface area (Å²) in [7, 11) is 0. The Bertz CT molecular complexity index is 366. The van der Waals surface area contributed by atoms with E-state index in [2.05, 4.69) is 54.0 Å². The Morgan fingerprint density at radius 3 is 2.24 bits per heavy atom. The minimum atomic E-state index is 0.0127. The fraction of sp³-hybridized carbons (Fsp3) is 0.667. The SMILES string of the molecule is CCCCCCCCOC(c1ccc(Br)cc1)C(N)CC. The van der Waals surface area contributed by atoms with Crippen molar-refractivity contribution in [1.29, 1.82) is 0 Å². The van der Waals surface area contributed by atoms with Gasteiger partial charge in [0.15, 0.2) is 0 Å². The molecule has 0 aliphatic carbocycles. The van der Waals surface area contributed by atoms with Gasteiger partial charge in [-0.2, -0.15) is 0 Å². The number of nitrogens with two attached hydrogens (primary N) is 1. The molecule has 0 aliphatic heterocycles. The second-order valence-electron chi connectivity index (χ2n) is 5.68. The molecule has 2 unspecified atom stereocenters. The van der Waals surface area contributed by atoms with Gasteiger partial charge in [-0.05, 0) is 30.5 Å². The molecule has 0 amide bonds. The summed E-state index contributed by atoms with van der Waals surface area (Å²) < 4.78 is 7.18. The van der Waals surface area contributed by atoms with E-state index in [9.17, 15) is 0 Å². The van der Waals surface area contributed by atoms with Gasteiger partial charge in [-0.3, -0.25) is 0 Å². The van der Waals surface area contributed by atoms with Crippen LogP contribution in [0.15, 0.2) is 28.7 Å². The number of rotatable bonds is 11. The zero-order valence-corrected chi connectivity index (χ0v) is 15.1. The van der Waals surface area contributed by atoms with E-state index < -0.39 is 0 Å². The minimum absolute atomic E-state index is 0.0127. The molecule has 1 aromatic rings. The lowest BCUT2D eigenvalue weighted by molar-refractivity contribution is 0.0311. The molecule has 2 atom stereocenters. The van der Waals surface area contributed by atoms with Crippen molar-refractivity contribution in [2.75, 3.05) is 6.61 Å². The van der Waals surface area contributed by atoms with Crippen LogP contribution in [0.1, 0.15) is 70.5 Å². The maximum atomic E-state index is 6.23. The fourth-order valence-corrected chi connectivity index (χ4v) is 2.69. The van der Waals surface area contributed by atoms with Gasteiger partial charge < -0.3 is 10.5 Å². The number of hydrogen-bond acceptors (Lipinski definition) is 2. The van der Waals surface area contributed by atoms with Gasteiger partial charge in [0, 0.05) is 17.1 Å². The molecular formula is C18H30BrNO. The maximum Gasteiger partial charge on any atom is 0.0975 e. The Kier molecular flexibility index (Phi) is 9.98. The maximum absolute atomic E-state index is 6.23. The zero-order valence-electron chi connectivity index (χ0n) is 13.5. The quantitative estimate of drug-likeness (QED) is 0.524. The molecule has 0 spiro atoms. The lowest BCUT2D eigenvalue weighted by atomic mass is 10.0. The molecule has 2 N–H and O–H groups in total. The highest BCUT2D eigenvalue weighted by Crippen LogP contribution is 2.24. The van der Waals surface area contributed by atoms with Gasteiger partial charge in [0.25, 0.3) is 0 Å². The van der Waals surface area contributed by atoms with Gasteiger partial charge in [0.1, 0.15) is 0 Å². The Morgan fingerprint density at radius 2 is 1.62 bits per heavy atom. The van der Waals surface area contributed by atoms with Crippen LogP contribution in [0, 0.1) is 0 Å². The van der Waals surface area contributed by atoms with Gasteiger partial charge in [0.2, 0.25) is 0 Å². The van der Waals surface area contributed by atoms with E-state index in [4.69, 9.17) is 10.5 Å². The van der Waals surface area contributed by atoms with Gasteiger partial charge in [0.05, 0.1) is 6.10 Å². The summed E-state index contributed by atoms with van der Waals surface area (Å²) >= 11 is 3.47. The van der Waals surface area contributed by atoms with Crippen LogP contribution in [0.4, 0.5) is 0 Å². The summed E-state index contributed by atoms with van der Waals surface area (Å²) in [5.74, 6) is 0. The van der Waals surface area contributed by atoms with Crippen molar-refractivity contribution >= 4 is 15.9 Å². The number of unbranched alkanes of at least 4 members (excludes halogenated alkanes) is 5. The van der Waals surface area contributed by atoms with Crippen molar-refractivity contribution < 1.29 is 4.74 Å². The van der Waals surface area contributed by atoms with Crippen LogP contribution in [0.3, 0.4) is 0 Å². The Labute approximate surface area is 138 Å². The normalized spacial score (nSPS) is 14.1. The molecule has 0 heterocycles. The average Bonchev–Trinajstić information content (AvgIpc) is 2.50. The van der Waals surface area contributed by atoms with Crippen LogP contribution in [0.5, 0.6) is 0 Å². The molecule has 0 saturated carbocycles. The second-order valence-corrected chi connectivity index (χ2v) is 6.60. The molecule has 3 heteroatoms. The van der Waals surface area contributed by atoms with Gasteiger partial charge in [-0.25, -0.2) is 0 Å². The third-order valence-corrected chi connectivity index (χ3v) is 4.38. The lowest BCUT2D eigenvalue weighted by Crippen LogP contribution is -2.29. The third-order valence-electron chi connectivity index (χ3n) is 3.85. The predicted octanol–water partition coefficient (Wildman–Crippen LogP) is 5.60. The van der Waals surface area contributed by atoms with Crippen molar-refractivity contribution in [3.05, 3.63) is 34.3 Å². The van der Waals surface area contributed by atoms with E-state index in [-0.39, 0.29) is 12.1 Å². The summed E-state index contributed by atoms with van der Waals surface area (Å²) in [6, 6.07) is 8.38. The highest BCUT2D eigenvalue weighted by atomic mass is 79.9. The highest BCUT2D eigenvalue weighted by molar-refractivity contribution is 9.10. The largest absolute Gasteiger partial charge is 0.372 e. The Balaban J connectivity index is 2.39. The van der Waals surface area contributed by atoms with Crippen LogP contribution in [0.25, 0.3) is 0 Å². The molecular weight excluding hydrogens is 326 g/mol. The molecule has 0 bridgehead atoms. The first kappa shape index (κ1) is 18.7. The number of benzene rings is 1. The van der Waals surface area contributed by atoms with E-state index in [0.29, 0.717) is 0 Å². The molecule has 0 saturated heterocycles. The molecule has 0 radical (unpaired) electrons. The van der Waals surface area contributed by atoms with Crippen molar-refractivity contribution in [2.24, 2.45) is 5.73 Å². The topological polar surface area (TPSA) is 35.2 Å². The molecule has 0 aliphatic rings. The number of halogens is 1. The number of hydrogen-bond donors (Lipinski definition) is 1. The zero-order chi connectivity index (χ0) is 15.5. The van der Waals surface area contributed by atoms with Crippen LogP contribution in [0.2, 0.25) is 0 Å². The molecule has 1 rings (SSSR count). The molecule has 1 aromatic carbocycles. The van der Waals surface area contributed by atoms with E-state index >= 15 is 0 Å². The smallest absolute Gasteiger partial charge is 0.0975 e. The standard InChI is InChI=1S/C18H30BrNO/c1-3-5-6-7-8-9-14-21-18(17(20)4-2)15-10-12-16(19)13-11-15/h10-13,17-18H,3-9,14,20H2,1-2H3. The van der Waals surface area contributed by atoms with Crippen LogP contribution in [-0.4, -0.2) is 12.6 Å². The molecule has 21 heavy (non-hydrogen) atoms. The van der Waals surface area contributed by atoms with E-state index in [1.807, 2.05) is 0 Å². The summed E-state index contributed by atoms with van der Waals surface area (Å²) in [5, 5.41) is 0.